The molecule has 1 aliphatic carbocycles. The van der Waals surface area contributed by atoms with Crippen molar-refractivity contribution >= 4 is 5.91 Å². The fourth-order valence-electron chi connectivity index (χ4n) is 1.95. The second-order valence-electron chi connectivity index (χ2n) is 4.73. The summed E-state index contributed by atoms with van der Waals surface area (Å²) in [4.78, 5) is 11.5. The largest absolute Gasteiger partial charge is 0.356 e. The fourth-order valence-corrected chi connectivity index (χ4v) is 1.95. The summed E-state index contributed by atoms with van der Waals surface area (Å²) in [6.07, 6.45) is 4.96. The highest BCUT2D eigenvalue weighted by molar-refractivity contribution is 5.76. The highest BCUT2D eigenvalue weighted by Crippen LogP contribution is 2.25. The number of hydrogen-bond donors (Lipinski definition) is 1. The van der Waals surface area contributed by atoms with E-state index in [9.17, 15) is 9.18 Å². The third-order valence-electron chi connectivity index (χ3n) is 3.37. The zero-order valence-corrected chi connectivity index (χ0v) is 9.92. The van der Waals surface area contributed by atoms with Gasteiger partial charge in [-0.15, -0.1) is 0 Å². The second-order valence-corrected chi connectivity index (χ2v) is 4.73. The van der Waals surface area contributed by atoms with Crippen LogP contribution in [0, 0.1) is 11.7 Å². The zero-order valence-electron chi connectivity index (χ0n) is 9.92. The molecule has 2 nitrogen and oxygen atoms in total. The Morgan fingerprint density at radius 2 is 2.00 bits per heavy atom. The molecule has 1 amide bonds. The Balaban J connectivity index is 1.66. The topological polar surface area (TPSA) is 29.1 Å². The summed E-state index contributed by atoms with van der Waals surface area (Å²) < 4.78 is 12.7. The van der Waals surface area contributed by atoms with Crippen LogP contribution in [0.15, 0.2) is 24.3 Å². The van der Waals surface area contributed by atoms with Crippen molar-refractivity contribution in [3.05, 3.63) is 35.6 Å². The number of carbonyl (C=O) groups excluding carboxylic acids is 1. The van der Waals surface area contributed by atoms with E-state index in [2.05, 4.69) is 5.32 Å². The van der Waals surface area contributed by atoms with Crippen LogP contribution >= 0.6 is 0 Å². The lowest BCUT2D eigenvalue weighted by atomic mass is 9.85. The normalized spacial score (nSPS) is 15.4. The van der Waals surface area contributed by atoms with Crippen LogP contribution in [0.5, 0.6) is 0 Å². The Bertz CT molecular complexity index is 370. The highest BCUT2D eigenvalue weighted by atomic mass is 19.1. The minimum absolute atomic E-state index is 0.0984. The predicted molar refractivity (Wildman–Crippen MR) is 65.1 cm³/mol. The molecule has 1 fully saturated rings. The first kappa shape index (κ1) is 12.1. The number of nitrogens with one attached hydrogen (secondary N) is 1. The van der Waals surface area contributed by atoms with Gasteiger partial charge in [0, 0.05) is 13.0 Å². The third-order valence-corrected chi connectivity index (χ3v) is 3.37. The Morgan fingerprint density at radius 3 is 2.59 bits per heavy atom. The molecular weight excluding hydrogens is 217 g/mol. The second kappa shape index (κ2) is 5.80. The maximum absolute atomic E-state index is 12.7. The van der Waals surface area contributed by atoms with Crippen LogP contribution in [0.25, 0.3) is 0 Å². The standard InChI is InChI=1S/C14H18FNO/c15-13-7-4-11(5-8-13)6-9-14(17)16-10-12-2-1-3-12/h4-5,7-8,12H,1-3,6,9-10H2,(H,16,17). The summed E-state index contributed by atoms with van der Waals surface area (Å²) in [5, 5.41) is 2.95. The molecule has 0 aliphatic heterocycles. The van der Waals surface area contributed by atoms with Gasteiger partial charge in [0.15, 0.2) is 0 Å². The van der Waals surface area contributed by atoms with E-state index in [0.717, 1.165) is 12.1 Å². The fraction of sp³-hybridized carbons (Fsp3) is 0.500. The number of halogens is 1. The quantitative estimate of drug-likeness (QED) is 0.835. The van der Waals surface area contributed by atoms with Gasteiger partial charge in [0.05, 0.1) is 0 Å². The number of hydrogen-bond acceptors (Lipinski definition) is 1. The van der Waals surface area contributed by atoms with Crippen LogP contribution in [0.3, 0.4) is 0 Å². The molecular formula is C14H18FNO. The van der Waals surface area contributed by atoms with Gasteiger partial charge >= 0.3 is 0 Å². The van der Waals surface area contributed by atoms with Crippen LogP contribution in [0.4, 0.5) is 4.39 Å². The molecule has 0 aromatic heterocycles. The molecule has 0 unspecified atom stereocenters. The molecule has 1 aliphatic rings. The van der Waals surface area contributed by atoms with Crippen molar-refractivity contribution in [1.82, 2.24) is 5.32 Å². The van der Waals surface area contributed by atoms with Crippen molar-refractivity contribution in [2.24, 2.45) is 5.92 Å². The van der Waals surface area contributed by atoms with Crippen LogP contribution < -0.4 is 5.32 Å². The number of amides is 1. The van der Waals surface area contributed by atoms with E-state index in [4.69, 9.17) is 0 Å². The molecule has 2 rings (SSSR count). The molecule has 1 saturated carbocycles. The van der Waals surface area contributed by atoms with Gasteiger partial charge < -0.3 is 5.32 Å². The van der Waals surface area contributed by atoms with Crippen molar-refractivity contribution < 1.29 is 9.18 Å². The van der Waals surface area contributed by atoms with Crippen molar-refractivity contribution in [1.29, 1.82) is 0 Å². The zero-order chi connectivity index (χ0) is 12.1. The highest BCUT2D eigenvalue weighted by Gasteiger charge is 2.17. The predicted octanol–water partition coefficient (Wildman–Crippen LogP) is 2.67. The number of aryl methyl sites for hydroxylation is 1. The Hall–Kier alpha value is -1.38. The number of rotatable bonds is 5. The molecule has 92 valence electrons. The van der Waals surface area contributed by atoms with Crippen LogP contribution in [-0.2, 0) is 11.2 Å². The summed E-state index contributed by atoms with van der Waals surface area (Å²) in [5.74, 6) is 0.564. The molecule has 0 radical (unpaired) electrons. The van der Waals surface area contributed by atoms with E-state index in [-0.39, 0.29) is 11.7 Å². The van der Waals surface area contributed by atoms with Crippen LogP contribution in [0.2, 0.25) is 0 Å². The summed E-state index contributed by atoms with van der Waals surface area (Å²) >= 11 is 0. The number of benzene rings is 1. The van der Waals surface area contributed by atoms with Gasteiger partial charge in [-0.25, -0.2) is 4.39 Å². The Kier molecular flexibility index (Phi) is 4.13. The van der Waals surface area contributed by atoms with Crippen molar-refractivity contribution in [2.45, 2.75) is 32.1 Å². The third kappa shape index (κ3) is 3.84. The first-order valence-corrected chi connectivity index (χ1v) is 6.25. The van der Waals surface area contributed by atoms with E-state index in [1.54, 1.807) is 12.1 Å². The maximum Gasteiger partial charge on any atom is 0.220 e. The Labute approximate surface area is 101 Å². The van der Waals surface area contributed by atoms with Gasteiger partial charge in [-0.1, -0.05) is 18.6 Å². The van der Waals surface area contributed by atoms with Gasteiger partial charge in [0.25, 0.3) is 0 Å². The van der Waals surface area contributed by atoms with E-state index < -0.39 is 0 Å². The summed E-state index contributed by atoms with van der Waals surface area (Å²) in [6.45, 7) is 0.822. The summed E-state index contributed by atoms with van der Waals surface area (Å²) in [5.41, 5.74) is 1.00. The molecule has 0 bridgehead atoms. The molecule has 3 heteroatoms. The molecule has 1 aromatic rings. The Morgan fingerprint density at radius 1 is 1.29 bits per heavy atom. The minimum atomic E-state index is -0.233. The molecule has 0 heterocycles. The lowest BCUT2D eigenvalue weighted by Gasteiger charge is -2.25. The van der Waals surface area contributed by atoms with E-state index in [1.165, 1.54) is 31.4 Å². The monoisotopic (exact) mass is 235 g/mol. The average molecular weight is 235 g/mol. The van der Waals surface area contributed by atoms with E-state index in [0.29, 0.717) is 18.8 Å². The number of carbonyl (C=O) groups is 1. The smallest absolute Gasteiger partial charge is 0.220 e. The molecule has 0 spiro atoms. The van der Waals surface area contributed by atoms with Crippen LogP contribution in [0.1, 0.15) is 31.2 Å². The molecule has 0 saturated heterocycles. The lowest BCUT2D eigenvalue weighted by molar-refractivity contribution is -0.121. The van der Waals surface area contributed by atoms with Crippen LogP contribution in [-0.4, -0.2) is 12.5 Å². The maximum atomic E-state index is 12.7. The van der Waals surface area contributed by atoms with Crippen molar-refractivity contribution in [2.75, 3.05) is 6.54 Å². The van der Waals surface area contributed by atoms with Gasteiger partial charge in [-0.2, -0.15) is 0 Å². The first-order valence-electron chi connectivity index (χ1n) is 6.25. The van der Waals surface area contributed by atoms with Crippen molar-refractivity contribution in [3.63, 3.8) is 0 Å². The molecule has 1 aromatic carbocycles. The van der Waals surface area contributed by atoms with Gasteiger partial charge in [0.1, 0.15) is 5.82 Å². The lowest BCUT2D eigenvalue weighted by Crippen LogP contribution is -2.32. The van der Waals surface area contributed by atoms with E-state index >= 15 is 0 Å². The summed E-state index contributed by atoms with van der Waals surface area (Å²) in [6, 6.07) is 6.33. The summed E-state index contributed by atoms with van der Waals surface area (Å²) in [7, 11) is 0. The SMILES string of the molecule is O=C(CCc1ccc(F)cc1)NCC1CCC1. The average Bonchev–Trinajstić information content (AvgIpc) is 2.26. The van der Waals surface area contributed by atoms with Gasteiger partial charge in [-0.3, -0.25) is 4.79 Å². The van der Waals surface area contributed by atoms with Crippen molar-refractivity contribution in [3.8, 4) is 0 Å². The van der Waals surface area contributed by atoms with Gasteiger partial charge in [0.2, 0.25) is 5.91 Å². The molecule has 17 heavy (non-hydrogen) atoms. The van der Waals surface area contributed by atoms with Gasteiger partial charge in [-0.05, 0) is 42.9 Å². The minimum Gasteiger partial charge on any atom is -0.356 e. The molecule has 0 atom stereocenters. The molecule has 1 N–H and O–H groups in total. The first-order chi connectivity index (χ1) is 8.24. The van der Waals surface area contributed by atoms with E-state index in [1.807, 2.05) is 0 Å².